The monoisotopic (exact) mass is 376 g/mol. The third-order valence-electron chi connectivity index (χ3n) is 3.03. The number of rotatable bonds is 11. The van der Waals surface area contributed by atoms with E-state index in [-0.39, 0.29) is 23.0 Å². The zero-order valence-corrected chi connectivity index (χ0v) is 14.3. The minimum atomic E-state index is -1.09. The van der Waals surface area contributed by atoms with Crippen molar-refractivity contribution in [2.75, 3.05) is 18.1 Å². The van der Waals surface area contributed by atoms with Crippen LogP contribution in [0.25, 0.3) is 0 Å². The molecule has 24 heavy (non-hydrogen) atoms. The van der Waals surface area contributed by atoms with E-state index in [2.05, 4.69) is 5.32 Å². The number of phenols is 2. The lowest BCUT2D eigenvalue weighted by Gasteiger charge is -2.14. The van der Waals surface area contributed by atoms with Gasteiger partial charge in [0, 0.05) is 24.1 Å². The summed E-state index contributed by atoms with van der Waals surface area (Å²) in [4.78, 5) is 21.8. The molecule has 0 aromatic heterocycles. The molecule has 1 unspecified atom stereocenters. The summed E-state index contributed by atoms with van der Waals surface area (Å²) in [6.45, 7) is 0.329. The minimum Gasteiger partial charge on any atom is -0.508 e. The molecule has 0 heterocycles. The van der Waals surface area contributed by atoms with Crippen molar-refractivity contribution in [1.29, 1.82) is 0 Å². The summed E-state index contributed by atoms with van der Waals surface area (Å²) in [6.07, 6.45) is 0.400. The number of phenolic OH excluding ortho intramolecular Hbond substituents is 2. The number of carboxylic acid groups (broad SMARTS) is 2. The molecule has 0 radical (unpaired) electrons. The van der Waals surface area contributed by atoms with Crippen LogP contribution in [0.1, 0.15) is 5.56 Å². The number of benzene rings is 1. The van der Waals surface area contributed by atoms with Gasteiger partial charge in [-0.1, -0.05) is 27.7 Å². The fraction of sp³-hybridized carbons (Fsp3) is 0.429. The fourth-order valence-corrected chi connectivity index (χ4v) is 3.97. The largest absolute Gasteiger partial charge is 0.508 e. The number of aliphatic carboxylic acids is 2. The van der Waals surface area contributed by atoms with E-state index in [1.165, 1.54) is 33.7 Å². The van der Waals surface area contributed by atoms with Crippen LogP contribution in [0, 0.1) is 0 Å². The second-order valence-electron chi connectivity index (χ2n) is 4.92. The molecule has 1 rings (SSSR count). The summed E-state index contributed by atoms with van der Waals surface area (Å²) in [7, 11) is 2.44. The van der Waals surface area contributed by atoms with Crippen molar-refractivity contribution in [1.82, 2.24) is 5.32 Å². The molecule has 8 nitrogen and oxygen atoms in total. The van der Waals surface area contributed by atoms with Gasteiger partial charge in [0.15, 0.2) is 0 Å². The Labute approximate surface area is 146 Å². The summed E-state index contributed by atoms with van der Waals surface area (Å²) >= 11 is 0. The number of nitrogens with two attached hydrogens (primary N) is 1. The maximum atomic E-state index is 11.2. The molecule has 0 saturated heterocycles. The number of hydrogen-bond donors (Lipinski definition) is 6. The topological polar surface area (TPSA) is 153 Å². The zero-order chi connectivity index (χ0) is 18.1. The Bertz CT molecular complexity index is 572. The molecular formula is C14H20N2O6S2. The van der Waals surface area contributed by atoms with Gasteiger partial charge in [0.2, 0.25) is 0 Å². The molecule has 2 atom stereocenters. The Morgan fingerprint density at radius 3 is 2.38 bits per heavy atom. The van der Waals surface area contributed by atoms with Crippen LogP contribution in [0.5, 0.6) is 11.5 Å². The maximum absolute atomic E-state index is 11.2. The highest BCUT2D eigenvalue weighted by Gasteiger charge is 2.18. The highest BCUT2D eigenvalue weighted by molar-refractivity contribution is 8.76. The third kappa shape index (κ3) is 7.30. The predicted octanol–water partition coefficient (Wildman–Crippen LogP) is 0.476. The molecule has 0 bridgehead atoms. The van der Waals surface area contributed by atoms with E-state index in [0.717, 1.165) is 0 Å². The smallest absolute Gasteiger partial charge is 0.321 e. The summed E-state index contributed by atoms with van der Waals surface area (Å²) in [5.74, 6) is -1.76. The first-order valence-electron chi connectivity index (χ1n) is 7.01. The van der Waals surface area contributed by atoms with Gasteiger partial charge in [0.25, 0.3) is 0 Å². The average molecular weight is 376 g/mol. The molecule has 0 amide bonds. The molecule has 7 N–H and O–H groups in total. The van der Waals surface area contributed by atoms with Crippen LogP contribution >= 0.6 is 21.6 Å². The quantitative estimate of drug-likeness (QED) is 0.237. The normalized spacial score (nSPS) is 13.4. The Balaban J connectivity index is 2.35. The first-order valence-corrected chi connectivity index (χ1v) is 9.50. The maximum Gasteiger partial charge on any atom is 0.321 e. The molecule has 1 aromatic rings. The molecule has 1 aromatic carbocycles. The van der Waals surface area contributed by atoms with E-state index in [1.54, 1.807) is 6.07 Å². The van der Waals surface area contributed by atoms with Crippen LogP contribution in [-0.2, 0) is 16.0 Å². The van der Waals surface area contributed by atoms with Gasteiger partial charge in [-0.2, -0.15) is 0 Å². The Morgan fingerprint density at radius 1 is 1.12 bits per heavy atom. The average Bonchev–Trinajstić information content (AvgIpc) is 2.50. The molecule has 10 heteroatoms. The lowest BCUT2D eigenvalue weighted by Crippen LogP contribution is -2.39. The first kappa shape index (κ1) is 20.4. The first-order chi connectivity index (χ1) is 11.3. The lowest BCUT2D eigenvalue weighted by molar-refractivity contribution is -0.139. The van der Waals surface area contributed by atoms with E-state index in [9.17, 15) is 24.9 Å². The van der Waals surface area contributed by atoms with E-state index in [1.807, 2.05) is 0 Å². The summed E-state index contributed by atoms with van der Waals surface area (Å²) < 4.78 is 0. The van der Waals surface area contributed by atoms with Crippen LogP contribution in [-0.4, -0.2) is 62.5 Å². The summed E-state index contributed by atoms with van der Waals surface area (Å²) in [6, 6.07) is 2.46. The van der Waals surface area contributed by atoms with Crippen molar-refractivity contribution in [3.63, 3.8) is 0 Å². The summed E-state index contributed by atoms with van der Waals surface area (Å²) in [5.41, 5.74) is 5.95. The third-order valence-corrected chi connectivity index (χ3v) is 5.48. The van der Waals surface area contributed by atoms with Crippen molar-refractivity contribution in [2.24, 2.45) is 5.73 Å². The zero-order valence-electron chi connectivity index (χ0n) is 12.7. The Morgan fingerprint density at radius 2 is 1.79 bits per heavy atom. The number of aromatic hydroxyl groups is 2. The molecule has 0 aliphatic carbocycles. The molecule has 0 aliphatic heterocycles. The van der Waals surface area contributed by atoms with Crippen molar-refractivity contribution in [3.8, 4) is 11.5 Å². The standard InChI is InChI=1S/C14H20N2O6S2/c15-10(13(19)20)6-23-24-7-11(14(21)22)16-4-3-8-1-2-9(17)5-12(8)18/h1-2,5,10-11,16-18H,3-4,6-7,15H2,(H,19,20)(H,21,22)/t10?,11-/m0/s1. The number of carboxylic acids is 2. The SMILES string of the molecule is NC(CSSC[C@H](NCCc1ccc(O)cc1O)C(=O)O)C(=O)O. The second-order valence-corrected chi connectivity index (χ2v) is 7.47. The molecule has 0 aliphatic rings. The van der Waals surface area contributed by atoms with Gasteiger partial charge in [0.05, 0.1) is 0 Å². The van der Waals surface area contributed by atoms with Crippen molar-refractivity contribution < 1.29 is 30.0 Å². The van der Waals surface area contributed by atoms with Crippen LogP contribution in [0.2, 0.25) is 0 Å². The van der Waals surface area contributed by atoms with E-state index in [4.69, 9.17) is 10.8 Å². The van der Waals surface area contributed by atoms with Gasteiger partial charge < -0.3 is 31.5 Å². The van der Waals surface area contributed by atoms with E-state index < -0.39 is 24.0 Å². The molecule has 0 saturated carbocycles. The molecule has 134 valence electrons. The van der Waals surface area contributed by atoms with Gasteiger partial charge in [-0.05, 0) is 18.1 Å². The Hall–Kier alpha value is -1.62. The molecule has 0 spiro atoms. The van der Waals surface area contributed by atoms with Crippen molar-refractivity contribution >= 4 is 33.5 Å². The van der Waals surface area contributed by atoms with Gasteiger partial charge in [0.1, 0.15) is 23.6 Å². The van der Waals surface area contributed by atoms with Crippen molar-refractivity contribution in [3.05, 3.63) is 23.8 Å². The number of carbonyl (C=O) groups is 2. The fourth-order valence-electron chi connectivity index (χ4n) is 1.67. The van der Waals surface area contributed by atoms with E-state index in [0.29, 0.717) is 18.5 Å². The molecular weight excluding hydrogens is 356 g/mol. The van der Waals surface area contributed by atoms with Gasteiger partial charge in [-0.25, -0.2) is 0 Å². The van der Waals surface area contributed by atoms with Gasteiger partial charge >= 0.3 is 11.9 Å². The van der Waals surface area contributed by atoms with E-state index >= 15 is 0 Å². The van der Waals surface area contributed by atoms with Crippen LogP contribution in [0.4, 0.5) is 0 Å². The lowest BCUT2D eigenvalue weighted by atomic mass is 10.1. The van der Waals surface area contributed by atoms with Crippen LogP contribution in [0.15, 0.2) is 18.2 Å². The number of nitrogens with one attached hydrogen (secondary N) is 1. The predicted molar refractivity (Wildman–Crippen MR) is 93.4 cm³/mol. The Kier molecular flexibility index (Phi) is 8.76. The second kappa shape index (κ2) is 10.3. The van der Waals surface area contributed by atoms with Crippen LogP contribution < -0.4 is 11.1 Å². The van der Waals surface area contributed by atoms with Crippen molar-refractivity contribution in [2.45, 2.75) is 18.5 Å². The van der Waals surface area contributed by atoms with Gasteiger partial charge in [-0.3, -0.25) is 9.59 Å². The highest BCUT2D eigenvalue weighted by atomic mass is 33.1. The minimum absolute atomic E-state index is 0.0411. The molecule has 0 fully saturated rings. The highest BCUT2D eigenvalue weighted by Crippen LogP contribution is 2.24. The van der Waals surface area contributed by atoms with Crippen LogP contribution in [0.3, 0.4) is 0 Å². The summed E-state index contributed by atoms with van der Waals surface area (Å²) in [5, 5.41) is 39.6. The van der Waals surface area contributed by atoms with Gasteiger partial charge in [-0.15, -0.1) is 0 Å². The number of hydrogen-bond acceptors (Lipinski definition) is 8.